The molecule has 0 radical (unpaired) electrons. The summed E-state index contributed by atoms with van der Waals surface area (Å²) in [6.45, 7) is 8.42. The van der Waals surface area contributed by atoms with E-state index in [1.807, 2.05) is 50.2 Å². The predicted molar refractivity (Wildman–Crippen MR) is 131 cm³/mol. The van der Waals surface area contributed by atoms with Crippen molar-refractivity contribution in [3.63, 3.8) is 0 Å². The van der Waals surface area contributed by atoms with Crippen molar-refractivity contribution in [1.82, 2.24) is 9.97 Å². The Kier molecular flexibility index (Phi) is 8.49. The Labute approximate surface area is 181 Å². The minimum atomic E-state index is 0. The van der Waals surface area contributed by atoms with Crippen LogP contribution in [0.5, 0.6) is 0 Å². The molecule has 3 aromatic carbocycles. The van der Waals surface area contributed by atoms with Crippen LogP contribution in [0, 0.1) is 0 Å². The van der Waals surface area contributed by atoms with Gasteiger partial charge in [0.1, 0.15) is 0 Å². The molecular formula is C28H32N2. The fourth-order valence-electron chi connectivity index (χ4n) is 3.11. The first-order chi connectivity index (χ1) is 14.2. The average molecular weight is 397 g/mol. The quantitative estimate of drug-likeness (QED) is 0.347. The molecule has 0 saturated heterocycles. The van der Waals surface area contributed by atoms with Crippen LogP contribution in [0.1, 0.15) is 46.6 Å². The van der Waals surface area contributed by atoms with E-state index < -0.39 is 0 Å². The highest BCUT2D eigenvalue weighted by Gasteiger charge is 2.10. The molecular weight excluding hydrogens is 364 g/mol. The standard InChI is InChI=1S/C25H22N2.C2H6.CH4/c1-18(2)19-13-15-21(16-14-19)24-17-23(20-9-5-3-6-10-20)26-25(27-24)22-11-7-4-8-12-22;1-2;/h3-18H,1-2H3;1-2H3;1H4. The first kappa shape index (κ1) is 23.0. The molecule has 0 aliphatic carbocycles. The SMILES string of the molecule is C.CC.CC(C)c1ccc(-c2cc(-c3ccccc3)nc(-c3ccccc3)n2)cc1. The fraction of sp³-hybridized carbons (Fsp3) is 0.214. The second-order valence-corrected chi connectivity index (χ2v) is 6.97. The number of hydrogen-bond donors (Lipinski definition) is 0. The maximum absolute atomic E-state index is 4.86. The molecule has 0 N–H and O–H groups in total. The van der Waals surface area contributed by atoms with E-state index in [4.69, 9.17) is 9.97 Å². The smallest absolute Gasteiger partial charge is 0.160 e. The van der Waals surface area contributed by atoms with Gasteiger partial charge in [0, 0.05) is 16.7 Å². The zero-order chi connectivity index (χ0) is 20.6. The van der Waals surface area contributed by atoms with Crippen LogP contribution in [0.15, 0.2) is 91.0 Å². The molecule has 30 heavy (non-hydrogen) atoms. The molecule has 0 unspecified atom stereocenters. The monoisotopic (exact) mass is 396 g/mol. The largest absolute Gasteiger partial charge is 0.228 e. The van der Waals surface area contributed by atoms with Gasteiger partial charge in [-0.15, -0.1) is 0 Å². The normalized spacial score (nSPS) is 10.0. The summed E-state index contributed by atoms with van der Waals surface area (Å²) in [5.74, 6) is 1.27. The summed E-state index contributed by atoms with van der Waals surface area (Å²) < 4.78 is 0. The first-order valence-electron chi connectivity index (χ1n) is 10.3. The van der Waals surface area contributed by atoms with E-state index in [1.54, 1.807) is 0 Å². The Balaban J connectivity index is 0.00000104. The predicted octanol–water partition coefficient (Wildman–Crippen LogP) is 8.26. The number of benzene rings is 3. The summed E-state index contributed by atoms with van der Waals surface area (Å²) in [6.07, 6.45) is 0. The highest BCUT2D eigenvalue weighted by Crippen LogP contribution is 2.28. The fourth-order valence-corrected chi connectivity index (χ4v) is 3.11. The molecule has 0 atom stereocenters. The number of hydrogen-bond acceptors (Lipinski definition) is 2. The first-order valence-corrected chi connectivity index (χ1v) is 10.3. The van der Waals surface area contributed by atoms with Crippen LogP contribution in [-0.2, 0) is 0 Å². The molecule has 0 aliphatic rings. The van der Waals surface area contributed by atoms with Crippen molar-refractivity contribution in [2.75, 3.05) is 0 Å². The van der Waals surface area contributed by atoms with E-state index in [0.717, 1.165) is 33.9 Å². The van der Waals surface area contributed by atoms with Crippen molar-refractivity contribution in [2.24, 2.45) is 0 Å². The lowest BCUT2D eigenvalue weighted by Gasteiger charge is -2.10. The molecule has 0 saturated carbocycles. The van der Waals surface area contributed by atoms with Gasteiger partial charge in [-0.05, 0) is 17.5 Å². The van der Waals surface area contributed by atoms with Crippen molar-refractivity contribution in [2.45, 2.75) is 41.0 Å². The molecule has 2 heteroatoms. The lowest BCUT2D eigenvalue weighted by atomic mass is 10.00. The minimum absolute atomic E-state index is 0. The van der Waals surface area contributed by atoms with Gasteiger partial charge in [0.15, 0.2) is 5.82 Å². The maximum atomic E-state index is 4.86. The Morgan fingerprint density at radius 1 is 0.567 bits per heavy atom. The molecule has 0 aliphatic heterocycles. The molecule has 0 amide bonds. The molecule has 0 bridgehead atoms. The van der Waals surface area contributed by atoms with Gasteiger partial charge in [0.05, 0.1) is 11.4 Å². The Morgan fingerprint density at radius 3 is 1.47 bits per heavy atom. The third kappa shape index (κ3) is 5.42. The topological polar surface area (TPSA) is 25.8 Å². The molecule has 4 aromatic rings. The van der Waals surface area contributed by atoms with E-state index in [9.17, 15) is 0 Å². The van der Waals surface area contributed by atoms with Crippen molar-refractivity contribution >= 4 is 0 Å². The van der Waals surface area contributed by atoms with E-state index in [1.165, 1.54) is 5.56 Å². The zero-order valence-electron chi connectivity index (χ0n) is 17.6. The van der Waals surface area contributed by atoms with E-state index >= 15 is 0 Å². The third-order valence-corrected chi connectivity index (χ3v) is 4.70. The van der Waals surface area contributed by atoms with Gasteiger partial charge in [0.25, 0.3) is 0 Å². The molecule has 4 rings (SSSR count). The Morgan fingerprint density at radius 2 is 1.00 bits per heavy atom. The average Bonchev–Trinajstić information content (AvgIpc) is 2.81. The van der Waals surface area contributed by atoms with Gasteiger partial charge in [-0.2, -0.15) is 0 Å². The molecule has 1 aromatic heterocycles. The second kappa shape index (κ2) is 11.1. The van der Waals surface area contributed by atoms with Crippen LogP contribution in [0.4, 0.5) is 0 Å². The van der Waals surface area contributed by atoms with Crippen molar-refractivity contribution in [3.8, 4) is 33.9 Å². The van der Waals surface area contributed by atoms with Gasteiger partial charge in [-0.3, -0.25) is 0 Å². The van der Waals surface area contributed by atoms with Gasteiger partial charge in [0.2, 0.25) is 0 Å². The zero-order valence-corrected chi connectivity index (χ0v) is 17.6. The third-order valence-electron chi connectivity index (χ3n) is 4.70. The summed E-state index contributed by atoms with van der Waals surface area (Å²) in [5.41, 5.74) is 6.44. The van der Waals surface area contributed by atoms with Gasteiger partial charge in [-0.25, -0.2) is 9.97 Å². The van der Waals surface area contributed by atoms with Crippen LogP contribution in [0.25, 0.3) is 33.9 Å². The Hall–Kier alpha value is -3.26. The van der Waals surface area contributed by atoms with Crippen LogP contribution >= 0.6 is 0 Å². The molecule has 0 spiro atoms. The lowest BCUT2D eigenvalue weighted by Crippen LogP contribution is -1.96. The summed E-state index contributed by atoms with van der Waals surface area (Å²) in [6, 6.07) is 31.2. The lowest BCUT2D eigenvalue weighted by molar-refractivity contribution is 0.867. The van der Waals surface area contributed by atoms with Gasteiger partial charge >= 0.3 is 0 Å². The number of rotatable bonds is 4. The minimum Gasteiger partial charge on any atom is -0.228 e. The number of nitrogens with zero attached hydrogens (tertiary/aromatic N) is 2. The maximum Gasteiger partial charge on any atom is 0.160 e. The second-order valence-electron chi connectivity index (χ2n) is 6.97. The molecule has 154 valence electrons. The van der Waals surface area contributed by atoms with Gasteiger partial charge < -0.3 is 0 Å². The molecule has 2 nitrogen and oxygen atoms in total. The van der Waals surface area contributed by atoms with Crippen LogP contribution in [-0.4, -0.2) is 9.97 Å². The molecule has 1 heterocycles. The van der Waals surface area contributed by atoms with Gasteiger partial charge in [-0.1, -0.05) is 120 Å². The van der Waals surface area contributed by atoms with E-state index in [2.05, 4.69) is 68.4 Å². The summed E-state index contributed by atoms with van der Waals surface area (Å²) in [7, 11) is 0. The summed E-state index contributed by atoms with van der Waals surface area (Å²) in [5, 5.41) is 0. The van der Waals surface area contributed by atoms with E-state index in [-0.39, 0.29) is 7.43 Å². The Bertz CT molecular complexity index is 963. The highest BCUT2D eigenvalue weighted by molar-refractivity contribution is 5.71. The molecule has 0 fully saturated rings. The van der Waals surface area contributed by atoms with Crippen LogP contribution < -0.4 is 0 Å². The summed E-state index contributed by atoms with van der Waals surface area (Å²) >= 11 is 0. The number of aromatic nitrogens is 2. The highest BCUT2D eigenvalue weighted by atomic mass is 14.9. The van der Waals surface area contributed by atoms with Crippen LogP contribution in [0.2, 0.25) is 0 Å². The van der Waals surface area contributed by atoms with Crippen LogP contribution in [0.3, 0.4) is 0 Å². The van der Waals surface area contributed by atoms with E-state index in [0.29, 0.717) is 5.92 Å². The summed E-state index contributed by atoms with van der Waals surface area (Å²) in [4.78, 5) is 9.70. The van der Waals surface area contributed by atoms with Crippen molar-refractivity contribution in [1.29, 1.82) is 0 Å². The van der Waals surface area contributed by atoms with Crippen molar-refractivity contribution in [3.05, 3.63) is 96.6 Å². The van der Waals surface area contributed by atoms with Crippen molar-refractivity contribution < 1.29 is 0 Å².